The molecule has 0 radical (unpaired) electrons. The van der Waals surface area contributed by atoms with Crippen LogP contribution < -0.4 is 19.5 Å². The number of halogens is 1. The van der Waals surface area contributed by atoms with Crippen LogP contribution in [0.15, 0.2) is 65.7 Å². The molecule has 10 heteroatoms. The molecular formula is C28H24ClN5O4. The molecule has 38 heavy (non-hydrogen) atoms. The van der Waals surface area contributed by atoms with Gasteiger partial charge in [0.25, 0.3) is 0 Å². The zero-order valence-electron chi connectivity index (χ0n) is 20.8. The molecule has 0 saturated heterocycles. The summed E-state index contributed by atoms with van der Waals surface area (Å²) in [5.74, 6) is 3.20. The van der Waals surface area contributed by atoms with Gasteiger partial charge in [-0.2, -0.15) is 0 Å². The van der Waals surface area contributed by atoms with Crippen molar-refractivity contribution in [2.45, 2.75) is 25.9 Å². The minimum absolute atomic E-state index is 0.0882. The Morgan fingerprint density at radius 2 is 1.89 bits per heavy atom. The van der Waals surface area contributed by atoms with Crippen LogP contribution in [0.1, 0.15) is 40.8 Å². The summed E-state index contributed by atoms with van der Waals surface area (Å²) >= 11 is 6.17. The van der Waals surface area contributed by atoms with Crippen LogP contribution in [0.4, 0.5) is 0 Å². The van der Waals surface area contributed by atoms with Gasteiger partial charge >= 0.3 is 0 Å². The normalized spacial score (nSPS) is 15.2. The van der Waals surface area contributed by atoms with Gasteiger partial charge in [0.15, 0.2) is 17.3 Å². The number of carbonyl (C=O) groups excluding carboxylic acids is 1. The van der Waals surface area contributed by atoms with E-state index in [2.05, 4.69) is 15.5 Å². The molecule has 0 unspecified atom stereocenters. The van der Waals surface area contributed by atoms with E-state index in [-0.39, 0.29) is 19.1 Å². The fourth-order valence-electron chi connectivity index (χ4n) is 4.68. The zero-order chi connectivity index (χ0) is 26.2. The molecule has 3 heterocycles. The number of amides is 1. The van der Waals surface area contributed by atoms with Crippen LogP contribution >= 0.6 is 11.6 Å². The average molecular weight is 530 g/mol. The van der Waals surface area contributed by atoms with Crippen molar-refractivity contribution in [2.24, 2.45) is 4.99 Å². The highest BCUT2D eigenvalue weighted by atomic mass is 35.5. The molecule has 1 atom stereocenters. The minimum Gasteiger partial charge on any atom is -0.497 e. The number of methoxy groups -OCH3 is 1. The monoisotopic (exact) mass is 529 g/mol. The molecular weight excluding hydrogens is 506 g/mol. The van der Waals surface area contributed by atoms with Crippen molar-refractivity contribution in [3.05, 3.63) is 94.0 Å². The molecule has 192 valence electrons. The van der Waals surface area contributed by atoms with Gasteiger partial charge in [-0.05, 0) is 55.0 Å². The summed E-state index contributed by atoms with van der Waals surface area (Å²) in [5, 5.41) is 12.4. The second kappa shape index (κ2) is 9.83. The maximum Gasteiger partial charge on any atom is 0.231 e. The van der Waals surface area contributed by atoms with Crippen LogP contribution in [0.2, 0.25) is 5.02 Å². The molecule has 3 aromatic carbocycles. The Bertz CT molecular complexity index is 1560. The SMILES string of the molecule is COc1ccc2c(c1)C(c1ccc(Cl)cc1)=N[C@@H](CC(=O)NCc1ccc3c(c1)OCO3)c1nnc(C)n1-2. The molecule has 9 nitrogen and oxygen atoms in total. The number of aromatic nitrogens is 3. The van der Waals surface area contributed by atoms with Gasteiger partial charge in [0.1, 0.15) is 17.6 Å². The van der Waals surface area contributed by atoms with Crippen molar-refractivity contribution in [1.29, 1.82) is 0 Å². The summed E-state index contributed by atoms with van der Waals surface area (Å²) in [6.07, 6.45) is 0.0882. The van der Waals surface area contributed by atoms with E-state index >= 15 is 0 Å². The number of rotatable bonds is 6. The predicted molar refractivity (Wildman–Crippen MR) is 142 cm³/mol. The summed E-state index contributed by atoms with van der Waals surface area (Å²) < 4.78 is 18.3. The number of ether oxygens (including phenoxy) is 3. The molecule has 0 spiro atoms. The first-order valence-electron chi connectivity index (χ1n) is 12.1. The second-order valence-corrected chi connectivity index (χ2v) is 9.43. The lowest BCUT2D eigenvalue weighted by molar-refractivity contribution is -0.121. The standard InChI is InChI=1S/C28H24ClN5O4/c1-16-32-33-28-22(13-26(35)30-14-17-3-10-24-25(11-17)38-15-37-24)31-27(18-4-6-19(29)7-5-18)21-12-20(36-2)8-9-23(21)34(16)28/h3-12,22H,13-15H2,1-2H3,(H,30,35)/t22-/m0/s1. The Morgan fingerprint density at radius 1 is 1.08 bits per heavy atom. The number of nitrogens with zero attached hydrogens (tertiary/aromatic N) is 4. The van der Waals surface area contributed by atoms with Crippen molar-refractivity contribution in [3.63, 3.8) is 0 Å². The molecule has 6 rings (SSSR count). The lowest BCUT2D eigenvalue weighted by Gasteiger charge is -2.14. The molecule has 2 aliphatic rings. The first kappa shape index (κ1) is 24.0. The number of aryl methyl sites for hydroxylation is 1. The van der Waals surface area contributed by atoms with E-state index < -0.39 is 6.04 Å². The van der Waals surface area contributed by atoms with Gasteiger partial charge in [0.2, 0.25) is 12.7 Å². The van der Waals surface area contributed by atoms with Crippen LogP contribution in [-0.4, -0.2) is 40.3 Å². The molecule has 1 amide bonds. The molecule has 1 aromatic heterocycles. The Balaban J connectivity index is 1.35. The first-order chi connectivity index (χ1) is 18.5. The third-order valence-electron chi connectivity index (χ3n) is 6.56. The third kappa shape index (κ3) is 4.45. The number of fused-ring (bicyclic) bond motifs is 4. The van der Waals surface area contributed by atoms with Gasteiger partial charge < -0.3 is 19.5 Å². The molecule has 2 aliphatic heterocycles. The first-order valence-corrected chi connectivity index (χ1v) is 12.5. The number of carbonyl (C=O) groups is 1. The largest absolute Gasteiger partial charge is 0.497 e. The van der Waals surface area contributed by atoms with E-state index in [4.69, 9.17) is 30.8 Å². The maximum absolute atomic E-state index is 13.2. The lowest BCUT2D eigenvalue weighted by Crippen LogP contribution is -2.25. The average Bonchev–Trinajstić information content (AvgIpc) is 3.53. The molecule has 0 aliphatic carbocycles. The second-order valence-electron chi connectivity index (χ2n) is 8.99. The number of hydrogen-bond donors (Lipinski definition) is 1. The van der Waals surface area contributed by atoms with Crippen LogP contribution in [0.5, 0.6) is 17.2 Å². The maximum atomic E-state index is 13.2. The lowest BCUT2D eigenvalue weighted by atomic mass is 10.00. The molecule has 0 fully saturated rings. The third-order valence-corrected chi connectivity index (χ3v) is 6.81. The smallest absolute Gasteiger partial charge is 0.231 e. The van der Waals surface area contributed by atoms with Crippen molar-refractivity contribution in [3.8, 4) is 22.9 Å². The van der Waals surface area contributed by atoms with Gasteiger partial charge in [-0.25, -0.2) is 0 Å². The Hall–Kier alpha value is -4.37. The molecule has 4 aromatic rings. The summed E-state index contributed by atoms with van der Waals surface area (Å²) in [6, 6.07) is 18.3. The van der Waals surface area contributed by atoms with Crippen LogP contribution in [0.25, 0.3) is 5.69 Å². The number of nitrogens with one attached hydrogen (secondary N) is 1. The van der Waals surface area contributed by atoms with Gasteiger partial charge in [0.05, 0.1) is 24.9 Å². The zero-order valence-corrected chi connectivity index (χ0v) is 21.5. The summed E-state index contributed by atoms with van der Waals surface area (Å²) in [5.41, 5.74) is 4.20. The summed E-state index contributed by atoms with van der Waals surface area (Å²) in [7, 11) is 1.63. The topological polar surface area (TPSA) is 99.9 Å². The van der Waals surface area contributed by atoms with Gasteiger partial charge in [-0.3, -0.25) is 14.4 Å². The number of aliphatic imine (C=N–C) groups is 1. The fraction of sp³-hybridized carbons (Fsp3) is 0.214. The summed E-state index contributed by atoms with van der Waals surface area (Å²) in [6.45, 7) is 2.43. The van der Waals surface area contributed by atoms with Crippen molar-refractivity contribution < 1.29 is 19.0 Å². The van der Waals surface area contributed by atoms with Crippen molar-refractivity contribution in [1.82, 2.24) is 20.1 Å². The highest BCUT2D eigenvalue weighted by Crippen LogP contribution is 2.35. The Labute approximate surface area is 224 Å². The van der Waals surface area contributed by atoms with Crippen molar-refractivity contribution in [2.75, 3.05) is 13.9 Å². The van der Waals surface area contributed by atoms with E-state index in [1.165, 1.54) is 0 Å². The van der Waals surface area contributed by atoms with Crippen molar-refractivity contribution >= 4 is 23.2 Å². The number of hydrogen-bond acceptors (Lipinski definition) is 7. The highest BCUT2D eigenvalue weighted by molar-refractivity contribution is 6.30. The van der Waals surface area contributed by atoms with E-state index in [0.29, 0.717) is 46.2 Å². The van der Waals surface area contributed by atoms with Gasteiger partial charge in [-0.15, -0.1) is 10.2 Å². The van der Waals surface area contributed by atoms with E-state index in [9.17, 15) is 4.79 Å². The van der Waals surface area contributed by atoms with Crippen LogP contribution in [0, 0.1) is 6.92 Å². The van der Waals surface area contributed by atoms with Crippen LogP contribution in [-0.2, 0) is 11.3 Å². The molecule has 0 bridgehead atoms. The summed E-state index contributed by atoms with van der Waals surface area (Å²) in [4.78, 5) is 18.3. The molecule has 1 N–H and O–H groups in total. The molecule has 0 saturated carbocycles. The van der Waals surface area contributed by atoms with E-state index in [0.717, 1.165) is 22.4 Å². The van der Waals surface area contributed by atoms with Gasteiger partial charge in [-0.1, -0.05) is 29.8 Å². The highest BCUT2D eigenvalue weighted by Gasteiger charge is 2.30. The van der Waals surface area contributed by atoms with E-state index in [1.807, 2.05) is 72.2 Å². The quantitative estimate of drug-likeness (QED) is 0.393. The number of benzene rings is 3. The Morgan fingerprint density at radius 3 is 2.71 bits per heavy atom. The fourth-order valence-corrected chi connectivity index (χ4v) is 4.80. The minimum atomic E-state index is -0.572. The predicted octanol–water partition coefficient (Wildman–Crippen LogP) is 4.57. The van der Waals surface area contributed by atoms with Gasteiger partial charge in [0, 0.05) is 22.7 Å². The Kier molecular flexibility index (Phi) is 6.21. The van der Waals surface area contributed by atoms with E-state index in [1.54, 1.807) is 7.11 Å². The van der Waals surface area contributed by atoms with Crippen LogP contribution in [0.3, 0.4) is 0 Å².